The Balaban J connectivity index is 0.00000450. The molecule has 0 aliphatic carbocycles. The molecule has 0 radical (unpaired) electrons. The lowest BCUT2D eigenvalue weighted by Crippen LogP contribution is -2.36. The molecule has 1 aromatic carbocycles. The van der Waals surface area contributed by atoms with E-state index in [0.717, 1.165) is 28.0 Å². The predicted octanol–water partition coefficient (Wildman–Crippen LogP) is 4.65. The summed E-state index contributed by atoms with van der Waals surface area (Å²) < 4.78 is 11.3. The lowest BCUT2D eigenvalue weighted by atomic mass is 9.98. The van der Waals surface area contributed by atoms with Gasteiger partial charge in [-0.25, -0.2) is 4.98 Å². The summed E-state index contributed by atoms with van der Waals surface area (Å²) in [6.07, 6.45) is 0. The van der Waals surface area contributed by atoms with Crippen LogP contribution in [-0.2, 0) is 23.2 Å². The Morgan fingerprint density at radius 3 is 2.53 bits per heavy atom. The first-order valence-corrected chi connectivity index (χ1v) is 10.9. The van der Waals surface area contributed by atoms with Crippen molar-refractivity contribution in [1.29, 1.82) is 0 Å². The summed E-state index contributed by atoms with van der Waals surface area (Å²) in [5, 5.41) is 9.94. The van der Waals surface area contributed by atoms with Gasteiger partial charge in [0, 0.05) is 36.6 Å². The number of benzene rings is 1. The normalized spacial score (nSPS) is 11.7. The number of ether oxygens (including phenoxy) is 2. The first kappa shape index (κ1) is 26.6. The van der Waals surface area contributed by atoms with Crippen molar-refractivity contribution in [3.63, 3.8) is 0 Å². The van der Waals surface area contributed by atoms with E-state index in [-0.39, 0.29) is 29.4 Å². The number of aromatic nitrogens is 1. The van der Waals surface area contributed by atoms with Gasteiger partial charge in [-0.05, 0) is 25.5 Å². The number of halogens is 1. The zero-order valence-electron chi connectivity index (χ0n) is 18.9. The van der Waals surface area contributed by atoms with Crippen molar-refractivity contribution in [3.8, 4) is 5.75 Å². The highest BCUT2D eigenvalue weighted by Crippen LogP contribution is 2.25. The van der Waals surface area contributed by atoms with Gasteiger partial charge >= 0.3 is 0 Å². The van der Waals surface area contributed by atoms with Gasteiger partial charge in [0.25, 0.3) is 0 Å². The van der Waals surface area contributed by atoms with Gasteiger partial charge in [0.15, 0.2) is 5.96 Å². The lowest BCUT2D eigenvalue weighted by molar-refractivity contribution is 0.110. The van der Waals surface area contributed by atoms with E-state index >= 15 is 0 Å². The maximum absolute atomic E-state index is 5.92. The molecule has 0 unspecified atom stereocenters. The van der Waals surface area contributed by atoms with Gasteiger partial charge in [0.1, 0.15) is 12.4 Å². The molecule has 0 atom stereocenters. The molecule has 0 bridgehead atoms. The fourth-order valence-corrected chi connectivity index (χ4v) is 3.51. The van der Waals surface area contributed by atoms with Crippen LogP contribution in [0.25, 0.3) is 0 Å². The van der Waals surface area contributed by atoms with Crippen LogP contribution in [0.5, 0.6) is 5.75 Å². The molecule has 6 nitrogen and oxygen atoms in total. The molecule has 2 rings (SSSR count). The van der Waals surface area contributed by atoms with Crippen LogP contribution in [0.3, 0.4) is 0 Å². The number of nitrogens with zero attached hydrogens (tertiary/aromatic N) is 2. The van der Waals surface area contributed by atoms with E-state index in [9.17, 15) is 0 Å². The van der Waals surface area contributed by atoms with E-state index in [1.54, 1.807) is 18.4 Å². The SMILES string of the molecule is CCOCCOc1cc(C)ccc1CNC(=NC)NCc1csc(C(C)(C)C)n1.I. The Hall–Kier alpha value is -1.39. The van der Waals surface area contributed by atoms with Crippen LogP contribution < -0.4 is 15.4 Å². The summed E-state index contributed by atoms with van der Waals surface area (Å²) in [4.78, 5) is 9.04. The number of nitrogens with one attached hydrogen (secondary N) is 2. The van der Waals surface area contributed by atoms with E-state index in [4.69, 9.17) is 14.5 Å². The molecule has 0 saturated heterocycles. The molecule has 2 aromatic rings. The monoisotopic (exact) mass is 546 g/mol. The topological polar surface area (TPSA) is 67.8 Å². The molecule has 1 aromatic heterocycles. The summed E-state index contributed by atoms with van der Waals surface area (Å²) in [7, 11) is 1.77. The summed E-state index contributed by atoms with van der Waals surface area (Å²) in [6, 6.07) is 6.23. The maximum atomic E-state index is 5.92. The van der Waals surface area contributed by atoms with Gasteiger partial charge in [-0.1, -0.05) is 32.9 Å². The minimum absolute atomic E-state index is 0. The van der Waals surface area contributed by atoms with Crippen LogP contribution in [0.1, 0.15) is 49.5 Å². The van der Waals surface area contributed by atoms with Gasteiger partial charge in [0.05, 0.1) is 23.9 Å². The second-order valence-electron chi connectivity index (χ2n) is 7.83. The first-order chi connectivity index (χ1) is 13.8. The Morgan fingerprint density at radius 2 is 1.90 bits per heavy atom. The van der Waals surface area contributed by atoms with Gasteiger partial charge in [-0.2, -0.15) is 0 Å². The van der Waals surface area contributed by atoms with Crippen LogP contribution in [0.4, 0.5) is 0 Å². The number of guanidine groups is 1. The Bertz CT molecular complexity index is 803. The zero-order valence-corrected chi connectivity index (χ0v) is 22.0. The van der Waals surface area contributed by atoms with E-state index < -0.39 is 0 Å². The third-order valence-corrected chi connectivity index (χ3v) is 5.53. The number of rotatable bonds is 9. The standard InChI is InChI=1S/C22H34N4O2S.HI/c1-7-27-10-11-28-19-12-16(2)8-9-17(19)13-24-21(23-6)25-14-18-15-29-20(26-18)22(3,4)5;/h8-9,12,15H,7,10-11,13-14H2,1-6H3,(H2,23,24,25);1H. The molecule has 0 amide bonds. The molecule has 30 heavy (non-hydrogen) atoms. The molecule has 1 heterocycles. The number of aliphatic imine (C=N–C) groups is 1. The smallest absolute Gasteiger partial charge is 0.191 e. The minimum Gasteiger partial charge on any atom is -0.491 e. The third kappa shape index (κ3) is 8.77. The molecule has 0 spiro atoms. The van der Waals surface area contributed by atoms with E-state index in [1.807, 2.05) is 6.92 Å². The van der Waals surface area contributed by atoms with Gasteiger partial charge in [0.2, 0.25) is 0 Å². The zero-order chi connectivity index (χ0) is 21.3. The van der Waals surface area contributed by atoms with Crippen molar-refractivity contribution >= 4 is 41.3 Å². The van der Waals surface area contributed by atoms with Crippen LogP contribution in [0.15, 0.2) is 28.6 Å². The number of hydrogen-bond acceptors (Lipinski definition) is 5. The number of thiazole rings is 1. The van der Waals surface area contributed by atoms with Crippen LogP contribution in [0.2, 0.25) is 0 Å². The molecular formula is C22H35IN4O2S. The van der Waals surface area contributed by atoms with Crippen LogP contribution in [-0.4, -0.2) is 37.8 Å². The summed E-state index contributed by atoms with van der Waals surface area (Å²) in [5.74, 6) is 1.61. The minimum atomic E-state index is 0. The van der Waals surface area contributed by atoms with Crippen molar-refractivity contribution in [2.24, 2.45) is 4.99 Å². The van der Waals surface area contributed by atoms with Gasteiger partial charge < -0.3 is 20.1 Å². The average molecular weight is 547 g/mol. The van der Waals surface area contributed by atoms with E-state index in [1.165, 1.54) is 5.56 Å². The predicted molar refractivity (Wildman–Crippen MR) is 136 cm³/mol. The summed E-state index contributed by atoms with van der Waals surface area (Å²) in [6.45, 7) is 13.7. The van der Waals surface area contributed by atoms with Crippen LogP contribution in [0, 0.1) is 6.92 Å². The largest absolute Gasteiger partial charge is 0.491 e. The number of aryl methyl sites for hydroxylation is 1. The highest BCUT2D eigenvalue weighted by Gasteiger charge is 2.18. The van der Waals surface area contributed by atoms with E-state index in [0.29, 0.717) is 32.9 Å². The maximum Gasteiger partial charge on any atom is 0.191 e. The summed E-state index contributed by atoms with van der Waals surface area (Å²) in [5.41, 5.74) is 3.35. The lowest BCUT2D eigenvalue weighted by Gasteiger charge is -2.15. The highest BCUT2D eigenvalue weighted by molar-refractivity contribution is 14.0. The molecule has 0 aliphatic rings. The highest BCUT2D eigenvalue weighted by atomic mass is 127. The quantitative estimate of drug-likeness (QED) is 0.208. The van der Waals surface area contributed by atoms with E-state index in [2.05, 4.69) is 66.9 Å². The average Bonchev–Trinajstić information content (AvgIpc) is 3.16. The fraction of sp³-hybridized carbons (Fsp3) is 0.545. The third-order valence-electron chi connectivity index (χ3n) is 4.21. The molecule has 8 heteroatoms. The van der Waals surface area contributed by atoms with Crippen molar-refractivity contribution in [2.45, 2.75) is 53.1 Å². The fourth-order valence-electron chi connectivity index (χ4n) is 2.60. The van der Waals surface area contributed by atoms with Crippen molar-refractivity contribution in [3.05, 3.63) is 45.4 Å². The van der Waals surface area contributed by atoms with Gasteiger partial charge in [-0.15, -0.1) is 35.3 Å². The van der Waals surface area contributed by atoms with Gasteiger partial charge in [-0.3, -0.25) is 4.99 Å². The van der Waals surface area contributed by atoms with Crippen molar-refractivity contribution < 1.29 is 9.47 Å². The molecule has 168 valence electrons. The Labute approximate surface area is 201 Å². The van der Waals surface area contributed by atoms with Crippen molar-refractivity contribution in [1.82, 2.24) is 15.6 Å². The van der Waals surface area contributed by atoms with Crippen LogP contribution >= 0.6 is 35.3 Å². The Kier molecular flexibility index (Phi) is 11.6. The molecule has 0 saturated carbocycles. The molecule has 0 fully saturated rings. The first-order valence-electron chi connectivity index (χ1n) is 10.0. The Morgan fingerprint density at radius 1 is 1.17 bits per heavy atom. The second-order valence-corrected chi connectivity index (χ2v) is 8.69. The molecule has 2 N–H and O–H groups in total. The summed E-state index contributed by atoms with van der Waals surface area (Å²) >= 11 is 1.70. The number of hydrogen-bond donors (Lipinski definition) is 2. The van der Waals surface area contributed by atoms with Crippen molar-refractivity contribution in [2.75, 3.05) is 26.9 Å². The molecule has 0 aliphatic heterocycles. The molecular weight excluding hydrogens is 511 g/mol. The second kappa shape index (κ2) is 13.1.